The summed E-state index contributed by atoms with van der Waals surface area (Å²) >= 11 is 11.4. The molecular weight excluding hydrogens is 307 g/mol. The number of hydrogen-bond acceptors (Lipinski definition) is 2. The molecule has 0 amide bonds. The molecule has 0 atom stereocenters. The Morgan fingerprint density at radius 1 is 1.00 bits per heavy atom. The fourth-order valence-corrected chi connectivity index (χ4v) is 2.01. The molecule has 0 N–H and O–H groups in total. The summed E-state index contributed by atoms with van der Waals surface area (Å²) in [5.41, 5.74) is 1.31. The maximum atomic E-state index is 11.2. The van der Waals surface area contributed by atoms with Crippen LogP contribution in [0, 0.1) is 0 Å². The van der Waals surface area contributed by atoms with Gasteiger partial charge in [-0.2, -0.15) is 0 Å². The van der Waals surface area contributed by atoms with Crippen LogP contribution >= 0.6 is 23.2 Å². The fourth-order valence-electron chi connectivity index (χ4n) is 1.85. The van der Waals surface area contributed by atoms with Gasteiger partial charge in [0.05, 0.1) is 0 Å². The van der Waals surface area contributed by atoms with E-state index in [-0.39, 0.29) is 0 Å². The van der Waals surface area contributed by atoms with E-state index in [4.69, 9.17) is 27.9 Å². The molecule has 0 spiro atoms. The zero-order chi connectivity index (χ0) is 15.5. The molecule has 2 aromatic carbocycles. The zero-order valence-electron chi connectivity index (χ0n) is 11.9. The Morgan fingerprint density at radius 2 is 1.48 bits per heavy atom. The monoisotopic (exact) mass is 322 g/mol. The summed E-state index contributed by atoms with van der Waals surface area (Å²) in [4.78, 5) is 11.2. The third-order valence-electron chi connectivity index (χ3n) is 3.09. The van der Waals surface area contributed by atoms with Gasteiger partial charge in [0, 0.05) is 5.02 Å². The third kappa shape index (κ3) is 4.48. The average Bonchev–Trinajstić information content (AvgIpc) is 2.43. The van der Waals surface area contributed by atoms with Gasteiger partial charge >= 0.3 is 0 Å². The van der Waals surface area contributed by atoms with E-state index in [1.807, 2.05) is 48.5 Å². The van der Waals surface area contributed by atoms with E-state index in [0.29, 0.717) is 5.75 Å². The van der Waals surface area contributed by atoms with E-state index in [9.17, 15) is 4.79 Å². The number of carbonyl (C=O) groups excluding carboxylic acids is 1. The Bertz CT molecular complexity index is 616. The molecule has 0 aliphatic rings. The number of rotatable bonds is 5. The van der Waals surface area contributed by atoms with Crippen molar-refractivity contribution in [1.29, 1.82) is 0 Å². The molecule has 0 fully saturated rings. The van der Waals surface area contributed by atoms with Gasteiger partial charge in [-0.15, -0.1) is 0 Å². The molecule has 4 heteroatoms. The zero-order valence-corrected chi connectivity index (χ0v) is 13.4. The molecule has 0 aliphatic carbocycles. The number of halogens is 2. The summed E-state index contributed by atoms with van der Waals surface area (Å²) in [6.07, 6.45) is 0.815. The molecule has 2 rings (SSSR count). The van der Waals surface area contributed by atoms with Gasteiger partial charge in [0.25, 0.3) is 5.24 Å². The summed E-state index contributed by atoms with van der Waals surface area (Å²) in [5.74, 6) is 0.619. The van der Waals surface area contributed by atoms with Crippen molar-refractivity contribution >= 4 is 28.4 Å². The summed E-state index contributed by atoms with van der Waals surface area (Å²) in [6.45, 7) is 3.29. The van der Waals surface area contributed by atoms with Crippen LogP contribution in [-0.2, 0) is 11.2 Å². The van der Waals surface area contributed by atoms with Gasteiger partial charge in [0.1, 0.15) is 5.75 Å². The molecule has 0 bridgehead atoms. The van der Waals surface area contributed by atoms with Crippen LogP contribution in [0.4, 0.5) is 0 Å². The van der Waals surface area contributed by atoms with Crippen LogP contribution in [0.2, 0.25) is 5.02 Å². The van der Waals surface area contributed by atoms with Crippen molar-refractivity contribution in [2.75, 3.05) is 0 Å². The minimum atomic E-state index is -1.03. The van der Waals surface area contributed by atoms with E-state index in [1.54, 1.807) is 13.8 Å². The maximum absolute atomic E-state index is 11.2. The van der Waals surface area contributed by atoms with Crippen molar-refractivity contribution < 1.29 is 9.53 Å². The molecule has 0 saturated carbocycles. The Labute approximate surface area is 134 Å². The average molecular weight is 323 g/mol. The molecule has 0 saturated heterocycles. The van der Waals surface area contributed by atoms with Crippen LogP contribution in [0.5, 0.6) is 5.75 Å². The van der Waals surface area contributed by atoms with E-state index in [2.05, 4.69) is 0 Å². The predicted molar refractivity (Wildman–Crippen MR) is 86.3 cm³/mol. The van der Waals surface area contributed by atoms with Crippen molar-refractivity contribution in [3.63, 3.8) is 0 Å². The maximum Gasteiger partial charge on any atom is 0.264 e. The molecule has 0 unspecified atom stereocenters. The third-order valence-corrected chi connectivity index (χ3v) is 3.80. The standard InChI is InChI=1S/C17H16Cl2O2/c1-17(2,16(19)20)21-15-9-5-13(6-10-15)11-12-3-7-14(18)8-4-12/h3-10H,11H2,1-2H3. The molecule has 0 radical (unpaired) electrons. The Balaban J connectivity index is 2.05. The second-order valence-electron chi connectivity index (χ2n) is 5.33. The predicted octanol–water partition coefficient (Wildman–Crippen LogP) is 4.85. The van der Waals surface area contributed by atoms with Crippen LogP contribution in [0.15, 0.2) is 48.5 Å². The lowest BCUT2D eigenvalue weighted by Gasteiger charge is -2.22. The van der Waals surface area contributed by atoms with Crippen LogP contribution in [0.1, 0.15) is 25.0 Å². The summed E-state index contributed by atoms with van der Waals surface area (Å²) in [5, 5.41) is 0.211. The molecule has 110 valence electrons. The highest BCUT2D eigenvalue weighted by atomic mass is 35.5. The van der Waals surface area contributed by atoms with E-state index >= 15 is 0 Å². The summed E-state index contributed by atoms with van der Waals surface area (Å²) in [6, 6.07) is 15.4. The lowest BCUT2D eigenvalue weighted by Crippen LogP contribution is -2.34. The molecule has 2 aromatic rings. The fraction of sp³-hybridized carbons (Fsp3) is 0.235. The van der Waals surface area contributed by atoms with Gasteiger partial charge in [-0.1, -0.05) is 35.9 Å². The van der Waals surface area contributed by atoms with Crippen molar-refractivity contribution in [3.8, 4) is 5.75 Å². The Morgan fingerprint density at radius 3 is 1.95 bits per heavy atom. The quantitative estimate of drug-likeness (QED) is 0.735. The van der Waals surface area contributed by atoms with Gasteiger partial charge in [-0.3, -0.25) is 4.79 Å². The van der Waals surface area contributed by atoms with E-state index in [1.165, 1.54) is 5.56 Å². The van der Waals surface area contributed by atoms with Crippen LogP contribution < -0.4 is 4.74 Å². The van der Waals surface area contributed by atoms with Crippen molar-refractivity contribution in [1.82, 2.24) is 0 Å². The lowest BCUT2D eigenvalue weighted by atomic mass is 10.0. The van der Waals surface area contributed by atoms with Gasteiger partial charge in [-0.25, -0.2) is 0 Å². The highest BCUT2D eigenvalue weighted by molar-refractivity contribution is 6.65. The highest BCUT2D eigenvalue weighted by Gasteiger charge is 2.27. The molecular formula is C17H16Cl2O2. The first-order valence-corrected chi connectivity index (χ1v) is 7.35. The second kappa shape index (κ2) is 6.50. The Kier molecular flexibility index (Phi) is 4.92. The SMILES string of the molecule is CC(C)(Oc1ccc(Cc2ccc(Cl)cc2)cc1)C(=O)Cl. The highest BCUT2D eigenvalue weighted by Crippen LogP contribution is 2.22. The number of hydrogen-bond donors (Lipinski definition) is 0. The van der Waals surface area contributed by atoms with Crippen LogP contribution in [-0.4, -0.2) is 10.8 Å². The number of benzene rings is 2. The van der Waals surface area contributed by atoms with Crippen LogP contribution in [0.25, 0.3) is 0 Å². The molecule has 2 nitrogen and oxygen atoms in total. The van der Waals surface area contributed by atoms with Gasteiger partial charge < -0.3 is 4.74 Å². The molecule has 21 heavy (non-hydrogen) atoms. The minimum absolute atomic E-state index is 0.521. The normalized spacial score (nSPS) is 11.2. The first-order chi connectivity index (χ1) is 9.87. The molecule has 0 heterocycles. The number of ether oxygens (including phenoxy) is 1. The van der Waals surface area contributed by atoms with E-state index < -0.39 is 10.8 Å². The van der Waals surface area contributed by atoms with Gasteiger partial charge in [0.15, 0.2) is 5.60 Å². The number of carbonyl (C=O) groups is 1. The largest absolute Gasteiger partial charge is 0.479 e. The molecule has 0 aliphatic heterocycles. The van der Waals surface area contributed by atoms with Gasteiger partial charge in [0.2, 0.25) is 0 Å². The van der Waals surface area contributed by atoms with Crippen LogP contribution in [0.3, 0.4) is 0 Å². The topological polar surface area (TPSA) is 26.3 Å². The smallest absolute Gasteiger partial charge is 0.264 e. The van der Waals surface area contributed by atoms with Crippen molar-refractivity contribution in [2.45, 2.75) is 25.9 Å². The minimum Gasteiger partial charge on any atom is -0.479 e. The Hall–Kier alpha value is -1.51. The first-order valence-electron chi connectivity index (χ1n) is 6.59. The summed E-state index contributed by atoms with van der Waals surface area (Å²) < 4.78 is 5.59. The first kappa shape index (κ1) is 15.9. The molecule has 0 aromatic heterocycles. The second-order valence-corrected chi connectivity index (χ2v) is 6.11. The lowest BCUT2D eigenvalue weighted by molar-refractivity contribution is -0.123. The summed E-state index contributed by atoms with van der Waals surface area (Å²) in [7, 11) is 0. The van der Waals surface area contributed by atoms with Gasteiger partial charge in [-0.05, 0) is 67.3 Å². The van der Waals surface area contributed by atoms with Crippen molar-refractivity contribution in [3.05, 3.63) is 64.7 Å². The van der Waals surface area contributed by atoms with Crippen molar-refractivity contribution in [2.24, 2.45) is 0 Å². The van der Waals surface area contributed by atoms with E-state index in [0.717, 1.165) is 17.0 Å².